The zero-order valence-electron chi connectivity index (χ0n) is 12.9. The summed E-state index contributed by atoms with van der Waals surface area (Å²) in [5.74, 6) is -0.554. The van der Waals surface area contributed by atoms with Crippen LogP contribution in [-0.4, -0.2) is 18.5 Å². The molecular formula is C16H19Cl3O4. The van der Waals surface area contributed by atoms with Gasteiger partial charge in [0.1, 0.15) is 5.75 Å². The van der Waals surface area contributed by atoms with Crippen molar-refractivity contribution in [2.75, 3.05) is 6.61 Å². The highest BCUT2D eigenvalue weighted by Crippen LogP contribution is 2.34. The van der Waals surface area contributed by atoms with Crippen molar-refractivity contribution in [3.8, 4) is 5.75 Å². The number of carbonyl (C=O) groups excluding carboxylic acids is 2. The van der Waals surface area contributed by atoms with Crippen LogP contribution >= 0.6 is 34.8 Å². The summed E-state index contributed by atoms with van der Waals surface area (Å²) >= 11 is 17.5. The molecule has 23 heavy (non-hydrogen) atoms. The lowest BCUT2D eigenvalue weighted by atomic mass is 10.2. The van der Waals surface area contributed by atoms with E-state index in [1.807, 2.05) is 0 Å². The van der Waals surface area contributed by atoms with Crippen LogP contribution in [0.1, 0.15) is 45.4 Å². The van der Waals surface area contributed by atoms with E-state index in [1.165, 1.54) is 12.1 Å². The van der Waals surface area contributed by atoms with Gasteiger partial charge in [0.25, 0.3) is 0 Å². The summed E-state index contributed by atoms with van der Waals surface area (Å²) in [5, 5.41) is 0.620. The van der Waals surface area contributed by atoms with Crippen molar-refractivity contribution in [2.45, 2.75) is 45.4 Å². The third kappa shape index (κ3) is 7.91. The average Bonchev–Trinajstić information content (AvgIpc) is 2.49. The molecule has 0 spiro atoms. The van der Waals surface area contributed by atoms with Gasteiger partial charge < -0.3 is 9.47 Å². The van der Waals surface area contributed by atoms with Crippen LogP contribution in [0.15, 0.2) is 12.1 Å². The highest BCUT2D eigenvalue weighted by Gasteiger charge is 2.11. The van der Waals surface area contributed by atoms with Gasteiger partial charge in [-0.25, -0.2) is 0 Å². The maximum Gasteiger partial charge on any atom is 0.311 e. The van der Waals surface area contributed by atoms with Crippen molar-refractivity contribution in [1.29, 1.82) is 0 Å². The quantitative estimate of drug-likeness (QED) is 0.247. The van der Waals surface area contributed by atoms with Gasteiger partial charge in [0, 0.05) is 25.0 Å². The van der Waals surface area contributed by atoms with Gasteiger partial charge >= 0.3 is 11.9 Å². The number of carbonyl (C=O) groups is 2. The lowest BCUT2D eigenvalue weighted by Crippen LogP contribution is -2.10. The largest absolute Gasteiger partial charge is 0.466 e. The topological polar surface area (TPSA) is 52.6 Å². The molecule has 0 aliphatic rings. The van der Waals surface area contributed by atoms with Gasteiger partial charge in [-0.1, -0.05) is 54.6 Å². The molecule has 0 aliphatic heterocycles. The number of benzene rings is 1. The molecule has 0 aromatic heterocycles. The SMILES string of the molecule is CCCCCOC(=O)CCCC(=O)Oc1cc(Cl)c(Cl)c(Cl)c1. The monoisotopic (exact) mass is 380 g/mol. The Labute approximate surface area is 151 Å². The molecule has 0 saturated carbocycles. The minimum Gasteiger partial charge on any atom is -0.466 e. The minimum atomic E-state index is -0.474. The van der Waals surface area contributed by atoms with Crippen molar-refractivity contribution in [1.82, 2.24) is 0 Å². The fourth-order valence-corrected chi connectivity index (χ4v) is 2.34. The highest BCUT2D eigenvalue weighted by atomic mass is 35.5. The number of halogens is 3. The molecule has 0 amide bonds. The molecule has 0 radical (unpaired) electrons. The number of rotatable bonds is 9. The molecule has 1 aromatic carbocycles. The Morgan fingerprint density at radius 2 is 1.57 bits per heavy atom. The van der Waals surface area contributed by atoms with Crippen LogP contribution in [-0.2, 0) is 14.3 Å². The van der Waals surface area contributed by atoms with E-state index < -0.39 is 5.97 Å². The summed E-state index contributed by atoms with van der Waals surface area (Å²) in [7, 11) is 0. The van der Waals surface area contributed by atoms with Crippen LogP contribution in [0.4, 0.5) is 0 Å². The van der Waals surface area contributed by atoms with Crippen LogP contribution in [0.25, 0.3) is 0 Å². The second kappa shape index (κ2) is 10.7. The van der Waals surface area contributed by atoms with E-state index in [9.17, 15) is 9.59 Å². The molecule has 1 aromatic rings. The first-order valence-corrected chi connectivity index (χ1v) is 8.58. The van der Waals surface area contributed by atoms with Gasteiger partial charge in [0.2, 0.25) is 0 Å². The first-order valence-electron chi connectivity index (χ1n) is 7.45. The third-order valence-corrected chi connectivity index (χ3v) is 4.16. The molecule has 1 rings (SSSR count). The molecule has 0 saturated heterocycles. The molecule has 0 bridgehead atoms. The van der Waals surface area contributed by atoms with E-state index in [0.29, 0.717) is 13.0 Å². The van der Waals surface area contributed by atoms with Crippen LogP contribution in [0.2, 0.25) is 15.1 Å². The Hall–Kier alpha value is -0.970. The summed E-state index contributed by atoms with van der Waals surface area (Å²) in [4.78, 5) is 23.2. The number of esters is 2. The first-order chi connectivity index (χ1) is 10.9. The Bertz CT molecular complexity index is 523. The number of unbranched alkanes of at least 4 members (excludes halogenated alkanes) is 2. The lowest BCUT2D eigenvalue weighted by Gasteiger charge is -2.07. The van der Waals surface area contributed by atoms with E-state index in [1.54, 1.807) is 0 Å². The van der Waals surface area contributed by atoms with Gasteiger partial charge in [0.05, 0.1) is 21.7 Å². The molecule has 0 aliphatic carbocycles. The van der Waals surface area contributed by atoms with Gasteiger partial charge in [-0.15, -0.1) is 0 Å². The first kappa shape index (κ1) is 20.1. The van der Waals surface area contributed by atoms with Crippen LogP contribution in [0, 0.1) is 0 Å². The second-order valence-electron chi connectivity index (χ2n) is 4.96. The maximum absolute atomic E-state index is 11.7. The summed E-state index contributed by atoms with van der Waals surface area (Å²) in [6.45, 7) is 2.51. The Balaban J connectivity index is 2.28. The summed E-state index contributed by atoms with van der Waals surface area (Å²) in [6.07, 6.45) is 3.61. The molecular weight excluding hydrogens is 363 g/mol. The molecule has 0 unspecified atom stereocenters. The zero-order chi connectivity index (χ0) is 17.2. The van der Waals surface area contributed by atoms with Crippen LogP contribution < -0.4 is 4.74 Å². The molecule has 7 heteroatoms. The van der Waals surface area contributed by atoms with E-state index in [-0.39, 0.29) is 39.6 Å². The summed E-state index contributed by atoms with van der Waals surface area (Å²) in [5.41, 5.74) is 0. The van der Waals surface area contributed by atoms with E-state index in [4.69, 9.17) is 44.3 Å². The summed E-state index contributed by atoms with van der Waals surface area (Å²) < 4.78 is 10.2. The van der Waals surface area contributed by atoms with Crippen molar-refractivity contribution < 1.29 is 19.1 Å². The maximum atomic E-state index is 11.7. The molecule has 0 atom stereocenters. The Morgan fingerprint density at radius 1 is 0.957 bits per heavy atom. The third-order valence-electron chi connectivity index (χ3n) is 2.96. The van der Waals surface area contributed by atoms with E-state index in [0.717, 1.165) is 19.3 Å². The fraction of sp³-hybridized carbons (Fsp3) is 0.500. The highest BCUT2D eigenvalue weighted by molar-refractivity contribution is 6.48. The molecule has 0 fully saturated rings. The number of ether oxygens (including phenoxy) is 2. The van der Waals surface area contributed by atoms with E-state index >= 15 is 0 Å². The van der Waals surface area contributed by atoms with Crippen molar-refractivity contribution in [3.05, 3.63) is 27.2 Å². The zero-order valence-corrected chi connectivity index (χ0v) is 15.1. The van der Waals surface area contributed by atoms with Crippen molar-refractivity contribution in [3.63, 3.8) is 0 Å². The Kier molecular flexibility index (Phi) is 9.37. The molecule has 4 nitrogen and oxygen atoms in total. The van der Waals surface area contributed by atoms with Crippen molar-refractivity contribution >= 4 is 46.7 Å². The smallest absolute Gasteiger partial charge is 0.311 e. The van der Waals surface area contributed by atoms with Crippen LogP contribution in [0.5, 0.6) is 5.75 Å². The lowest BCUT2D eigenvalue weighted by molar-refractivity contribution is -0.144. The number of hydrogen-bond donors (Lipinski definition) is 0. The Morgan fingerprint density at radius 3 is 2.17 bits per heavy atom. The predicted octanol–water partition coefficient (Wildman–Crippen LogP) is 5.46. The van der Waals surface area contributed by atoms with Gasteiger partial charge in [-0.3, -0.25) is 9.59 Å². The fourth-order valence-electron chi connectivity index (χ4n) is 1.76. The number of hydrogen-bond acceptors (Lipinski definition) is 4. The average molecular weight is 382 g/mol. The van der Waals surface area contributed by atoms with Gasteiger partial charge in [-0.2, -0.15) is 0 Å². The summed E-state index contributed by atoms with van der Waals surface area (Å²) in [6, 6.07) is 2.82. The second-order valence-corrected chi connectivity index (χ2v) is 6.15. The normalized spacial score (nSPS) is 10.4. The van der Waals surface area contributed by atoms with Gasteiger partial charge in [-0.05, 0) is 12.8 Å². The van der Waals surface area contributed by atoms with Gasteiger partial charge in [0.15, 0.2) is 0 Å². The molecule has 0 heterocycles. The van der Waals surface area contributed by atoms with Crippen LogP contribution in [0.3, 0.4) is 0 Å². The standard InChI is InChI=1S/C16H19Cl3O4/c1-2-3-4-8-22-14(20)6-5-7-15(21)23-11-9-12(17)16(19)13(18)10-11/h9-10H,2-8H2,1H3. The van der Waals surface area contributed by atoms with E-state index in [2.05, 4.69) is 6.92 Å². The molecule has 0 N–H and O–H groups in total. The van der Waals surface area contributed by atoms with Crippen molar-refractivity contribution in [2.24, 2.45) is 0 Å². The predicted molar refractivity (Wildman–Crippen MR) is 91.4 cm³/mol. The molecule has 128 valence electrons. The minimum absolute atomic E-state index is 0.0991.